The third-order valence-electron chi connectivity index (χ3n) is 1.69. The van der Waals surface area contributed by atoms with Crippen molar-refractivity contribution >= 4 is 40.5 Å². The lowest BCUT2D eigenvalue weighted by Crippen LogP contribution is -2.27. The number of ether oxygens (including phenoxy) is 1. The van der Waals surface area contributed by atoms with E-state index in [4.69, 9.17) is 16.3 Å². The zero-order valence-corrected chi connectivity index (χ0v) is 11.7. The van der Waals surface area contributed by atoms with Gasteiger partial charge < -0.3 is 4.74 Å². The van der Waals surface area contributed by atoms with Crippen molar-refractivity contribution < 1.29 is 14.3 Å². The second-order valence-corrected chi connectivity index (χ2v) is 5.76. The maximum absolute atomic E-state index is 11.6. The molecule has 0 saturated carbocycles. The van der Waals surface area contributed by atoms with Crippen molar-refractivity contribution in [3.63, 3.8) is 0 Å². The summed E-state index contributed by atoms with van der Waals surface area (Å²) < 4.78 is 5.09. The molecule has 0 aliphatic rings. The number of amides is 1. The first-order valence-corrected chi connectivity index (χ1v) is 6.24. The van der Waals surface area contributed by atoms with Crippen molar-refractivity contribution in [3.8, 4) is 0 Å². The fourth-order valence-corrected chi connectivity index (χ4v) is 2.23. The van der Waals surface area contributed by atoms with Crippen molar-refractivity contribution in [3.05, 3.63) is 15.3 Å². The highest BCUT2D eigenvalue weighted by atomic mass is 35.5. The highest BCUT2D eigenvalue weighted by Crippen LogP contribution is 2.33. The van der Waals surface area contributed by atoms with Crippen LogP contribution >= 0.6 is 22.9 Å². The minimum Gasteiger partial charge on any atom is -0.444 e. The third kappa shape index (κ3) is 4.02. The van der Waals surface area contributed by atoms with Crippen molar-refractivity contribution in [1.29, 1.82) is 0 Å². The normalized spacial score (nSPS) is 11.1. The van der Waals surface area contributed by atoms with Gasteiger partial charge in [-0.1, -0.05) is 11.6 Å². The first-order valence-electron chi connectivity index (χ1n) is 4.98. The van der Waals surface area contributed by atoms with Gasteiger partial charge in [-0.3, -0.25) is 10.1 Å². The Bertz CT molecular complexity index is 448. The summed E-state index contributed by atoms with van der Waals surface area (Å²) in [6.07, 6.45) is -0.625. The molecule has 1 N–H and O–H groups in total. The van der Waals surface area contributed by atoms with E-state index >= 15 is 0 Å². The van der Waals surface area contributed by atoms with Gasteiger partial charge in [-0.15, -0.1) is 11.3 Å². The molecule has 4 nitrogen and oxygen atoms in total. The van der Waals surface area contributed by atoms with Gasteiger partial charge >= 0.3 is 6.09 Å². The Labute approximate surface area is 109 Å². The Morgan fingerprint density at radius 3 is 2.47 bits per heavy atom. The molecule has 0 fully saturated rings. The smallest absolute Gasteiger partial charge is 0.412 e. The summed E-state index contributed by atoms with van der Waals surface area (Å²) in [4.78, 5) is 23.3. The van der Waals surface area contributed by atoms with Gasteiger partial charge in [0.25, 0.3) is 0 Å². The number of rotatable bonds is 2. The SMILES string of the molecule is CC(=O)c1scc(Cl)c1NC(=O)OC(C)(C)C. The minimum absolute atomic E-state index is 0.145. The monoisotopic (exact) mass is 275 g/mol. The van der Waals surface area contributed by atoms with Crippen LogP contribution in [0.4, 0.5) is 10.5 Å². The highest BCUT2D eigenvalue weighted by Gasteiger charge is 2.20. The minimum atomic E-state index is -0.625. The summed E-state index contributed by atoms with van der Waals surface area (Å²) >= 11 is 7.08. The summed E-state index contributed by atoms with van der Waals surface area (Å²) in [5, 5.41) is 4.43. The average Bonchev–Trinajstić information content (AvgIpc) is 2.44. The molecule has 0 bridgehead atoms. The fraction of sp³-hybridized carbons (Fsp3) is 0.455. The Morgan fingerprint density at radius 2 is 2.00 bits per heavy atom. The molecule has 0 radical (unpaired) electrons. The van der Waals surface area contributed by atoms with E-state index in [-0.39, 0.29) is 5.78 Å². The standard InChI is InChI=1S/C11H14ClNO3S/c1-6(14)9-8(7(12)5-17-9)13-10(15)16-11(2,3)4/h5H,1-4H3,(H,13,15). The van der Waals surface area contributed by atoms with E-state index in [0.29, 0.717) is 15.6 Å². The quantitative estimate of drug-likeness (QED) is 0.832. The van der Waals surface area contributed by atoms with Crippen LogP contribution < -0.4 is 5.32 Å². The molecule has 0 spiro atoms. The number of carbonyl (C=O) groups excluding carboxylic acids is 2. The van der Waals surface area contributed by atoms with Crippen molar-refractivity contribution in [2.45, 2.75) is 33.3 Å². The van der Waals surface area contributed by atoms with E-state index < -0.39 is 11.7 Å². The van der Waals surface area contributed by atoms with E-state index in [1.54, 1.807) is 26.2 Å². The number of carbonyl (C=O) groups is 2. The van der Waals surface area contributed by atoms with E-state index in [9.17, 15) is 9.59 Å². The Morgan fingerprint density at radius 1 is 1.41 bits per heavy atom. The van der Waals surface area contributed by atoms with Crippen LogP contribution in [0.1, 0.15) is 37.4 Å². The molecule has 1 heterocycles. The first-order chi connectivity index (χ1) is 7.70. The van der Waals surface area contributed by atoms with Gasteiger partial charge in [0.1, 0.15) is 5.60 Å². The molecule has 0 aliphatic carbocycles. The molecule has 0 unspecified atom stereocenters. The molecule has 0 aromatic carbocycles. The van der Waals surface area contributed by atoms with Gasteiger partial charge in [0.05, 0.1) is 15.6 Å². The van der Waals surface area contributed by atoms with Crippen LogP contribution in [-0.2, 0) is 4.74 Å². The number of hydrogen-bond acceptors (Lipinski definition) is 4. The molecule has 1 aromatic heterocycles. The number of ketones is 1. The highest BCUT2D eigenvalue weighted by molar-refractivity contribution is 7.13. The van der Waals surface area contributed by atoms with Crippen LogP contribution in [0.3, 0.4) is 0 Å². The predicted octanol–water partition coefficient (Wildman–Crippen LogP) is 3.95. The Hall–Kier alpha value is -1.07. The summed E-state index contributed by atoms with van der Waals surface area (Å²) in [7, 11) is 0. The second-order valence-electron chi connectivity index (χ2n) is 4.47. The van der Waals surface area contributed by atoms with Crippen LogP contribution in [-0.4, -0.2) is 17.5 Å². The Balaban J connectivity index is 2.85. The molecule has 17 heavy (non-hydrogen) atoms. The number of Topliss-reactive ketones (excluding diaryl/α,β-unsaturated/α-hetero) is 1. The van der Waals surface area contributed by atoms with E-state index in [0.717, 1.165) is 0 Å². The topological polar surface area (TPSA) is 55.4 Å². The van der Waals surface area contributed by atoms with Gasteiger partial charge in [-0.2, -0.15) is 0 Å². The largest absolute Gasteiger partial charge is 0.444 e. The van der Waals surface area contributed by atoms with Crippen LogP contribution in [0.2, 0.25) is 5.02 Å². The predicted molar refractivity (Wildman–Crippen MR) is 69.2 cm³/mol. The second kappa shape index (κ2) is 5.06. The molecule has 1 amide bonds. The summed E-state index contributed by atoms with van der Waals surface area (Å²) in [5.41, 5.74) is -0.276. The van der Waals surface area contributed by atoms with Crippen LogP contribution in [0.5, 0.6) is 0 Å². The van der Waals surface area contributed by atoms with Crippen LogP contribution in [0.25, 0.3) is 0 Å². The molecule has 0 atom stereocenters. The lowest BCUT2D eigenvalue weighted by molar-refractivity contribution is 0.0636. The van der Waals surface area contributed by atoms with Gasteiger partial charge in [0.15, 0.2) is 5.78 Å². The zero-order valence-electron chi connectivity index (χ0n) is 10.1. The maximum Gasteiger partial charge on any atom is 0.412 e. The number of anilines is 1. The molecule has 0 aliphatic heterocycles. The average molecular weight is 276 g/mol. The molecule has 1 aromatic rings. The number of nitrogens with one attached hydrogen (secondary N) is 1. The van der Waals surface area contributed by atoms with Crippen molar-refractivity contribution in [2.24, 2.45) is 0 Å². The molecular weight excluding hydrogens is 262 g/mol. The molecule has 6 heteroatoms. The zero-order chi connectivity index (χ0) is 13.2. The summed E-state index contributed by atoms with van der Waals surface area (Å²) in [6, 6.07) is 0. The fourth-order valence-electron chi connectivity index (χ4n) is 1.12. The molecule has 1 rings (SSSR count). The first kappa shape index (κ1) is 14.0. The van der Waals surface area contributed by atoms with Gasteiger partial charge in [0.2, 0.25) is 0 Å². The Kier molecular flexibility index (Phi) is 4.16. The number of thiophene rings is 1. The van der Waals surface area contributed by atoms with Crippen LogP contribution in [0.15, 0.2) is 5.38 Å². The summed E-state index contributed by atoms with van der Waals surface area (Å²) in [5.74, 6) is -0.145. The van der Waals surface area contributed by atoms with Crippen molar-refractivity contribution in [1.82, 2.24) is 0 Å². The maximum atomic E-state index is 11.6. The molecular formula is C11H14ClNO3S. The van der Waals surface area contributed by atoms with Crippen molar-refractivity contribution in [2.75, 3.05) is 5.32 Å². The van der Waals surface area contributed by atoms with E-state index in [1.165, 1.54) is 18.3 Å². The molecule has 0 saturated heterocycles. The van der Waals surface area contributed by atoms with Gasteiger partial charge in [-0.05, 0) is 20.8 Å². The van der Waals surface area contributed by atoms with E-state index in [1.807, 2.05) is 0 Å². The molecule has 94 valence electrons. The van der Waals surface area contributed by atoms with E-state index in [2.05, 4.69) is 5.32 Å². The van der Waals surface area contributed by atoms with Gasteiger partial charge in [-0.25, -0.2) is 4.79 Å². The van der Waals surface area contributed by atoms with Gasteiger partial charge in [0, 0.05) is 12.3 Å². The lowest BCUT2D eigenvalue weighted by atomic mass is 10.2. The summed E-state index contributed by atoms with van der Waals surface area (Å²) in [6.45, 7) is 6.69. The third-order valence-corrected chi connectivity index (χ3v) is 3.20. The lowest BCUT2D eigenvalue weighted by Gasteiger charge is -2.19. The van der Waals surface area contributed by atoms with Crippen LogP contribution in [0, 0.1) is 0 Å². The number of halogens is 1. The number of hydrogen-bond donors (Lipinski definition) is 1.